The van der Waals surface area contributed by atoms with Crippen LogP contribution in [-0.2, 0) is 4.74 Å². The molecule has 1 N–H and O–H groups in total. The topological polar surface area (TPSA) is 21.3 Å². The van der Waals surface area contributed by atoms with Crippen molar-refractivity contribution in [1.29, 1.82) is 0 Å². The number of hydrogen-bond donors (Lipinski definition) is 1. The first-order valence-corrected chi connectivity index (χ1v) is 6.82. The van der Waals surface area contributed by atoms with Gasteiger partial charge in [-0.1, -0.05) is 13.0 Å². The highest BCUT2D eigenvalue weighted by Crippen LogP contribution is 2.21. The van der Waals surface area contributed by atoms with Gasteiger partial charge in [0.15, 0.2) is 0 Å². The van der Waals surface area contributed by atoms with Gasteiger partial charge in [-0.05, 0) is 51.5 Å². The summed E-state index contributed by atoms with van der Waals surface area (Å²) in [5.41, 5.74) is 0. The van der Waals surface area contributed by atoms with Gasteiger partial charge in [0.1, 0.15) is 0 Å². The molecule has 0 aliphatic heterocycles. The normalized spacial score (nSPS) is 25.6. The quantitative estimate of drug-likeness (QED) is 0.505. The summed E-state index contributed by atoms with van der Waals surface area (Å²) in [4.78, 5) is 0. The Morgan fingerprint density at radius 1 is 1.31 bits per heavy atom. The lowest BCUT2D eigenvalue weighted by Gasteiger charge is -2.29. The first kappa shape index (κ1) is 13.7. The second kappa shape index (κ2) is 8.77. The Labute approximate surface area is 100 Å². The molecule has 2 nitrogen and oxygen atoms in total. The van der Waals surface area contributed by atoms with Crippen LogP contribution in [0.4, 0.5) is 0 Å². The Kier molecular flexibility index (Phi) is 7.52. The highest BCUT2D eigenvalue weighted by atomic mass is 16.5. The van der Waals surface area contributed by atoms with E-state index >= 15 is 0 Å². The van der Waals surface area contributed by atoms with Crippen molar-refractivity contribution in [2.45, 2.75) is 64.0 Å². The monoisotopic (exact) mass is 225 g/mol. The van der Waals surface area contributed by atoms with Gasteiger partial charge in [-0.25, -0.2) is 0 Å². The predicted octanol–water partition coefficient (Wildman–Crippen LogP) is 3.28. The van der Waals surface area contributed by atoms with Gasteiger partial charge in [-0.3, -0.25) is 0 Å². The van der Waals surface area contributed by atoms with Crippen LogP contribution in [0.15, 0.2) is 12.7 Å². The Morgan fingerprint density at radius 2 is 2.06 bits per heavy atom. The van der Waals surface area contributed by atoms with Crippen molar-refractivity contribution >= 4 is 0 Å². The van der Waals surface area contributed by atoms with E-state index in [0.717, 1.165) is 32.0 Å². The number of rotatable bonds is 8. The summed E-state index contributed by atoms with van der Waals surface area (Å²) in [5.74, 6) is 0. The summed E-state index contributed by atoms with van der Waals surface area (Å²) in [6, 6.07) is 0.743. The Morgan fingerprint density at radius 3 is 2.69 bits per heavy atom. The Bertz CT molecular complexity index is 174. The summed E-state index contributed by atoms with van der Waals surface area (Å²) < 4.78 is 5.86. The molecule has 2 heteroatoms. The number of hydrogen-bond acceptors (Lipinski definition) is 2. The van der Waals surface area contributed by atoms with E-state index in [-0.39, 0.29) is 0 Å². The van der Waals surface area contributed by atoms with Gasteiger partial charge in [0.05, 0.1) is 6.10 Å². The van der Waals surface area contributed by atoms with E-state index < -0.39 is 0 Å². The van der Waals surface area contributed by atoms with Crippen molar-refractivity contribution in [2.24, 2.45) is 0 Å². The lowest BCUT2D eigenvalue weighted by atomic mass is 9.93. The highest BCUT2D eigenvalue weighted by Gasteiger charge is 2.20. The molecule has 0 aromatic carbocycles. The third-order valence-electron chi connectivity index (χ3n) is 3.26. The van der Waals surface area contributed by atoms with Crippen LogP contribution >= 0.6 is 0 Å². The maximum atomic E-state index is 5.86. The average Bonchev–Trinajstić information content (AvgIpc) is 2.33. The van der Waals surface area contributed by atoms with Crippen LogP contribution in [0.2, 0.25) is 0 Å². The molecule has 0 heterocycles. The van der Waals surface area contributed by atoms with Gasteiger partial charge in [0.25, 0.3) is 0 Å². The van der Waals surface area contributed by atoms with Crippen LogP contribution in [0, 0.1) is 0 Å². The molecule has 0 atom stereocenters. The van der Waals surface area contributed by atoms with Crippen molar-refractivity contribution in [3.05, 3.63) is 12.7 Å². The Hall–Kier alpha value is -0.340. The number of nitrogens with one attached hydrogen (secondary N) is 1. The van der Waals surface area contributed by atoms with E-state index in [9.17, 15) is 0 Å². The standard InChI is InChI=1S/C14H27NO/c1-3-5-6-12-16-14-9-7-13(8-10-14)15-11-4-2/h3,13-15H,1,4-12H2,2H3. The van der Waals surface area contributed by atoms with E-state index in [1.54, 1.807) is 0 Å². The van der Waals surface area contributed by atoms with E-state index in [1.807, 2.05) is 6.08 Å². The second-order valence-corrected chi connectivity index (χ2v) is 4.73. The van der Waals surface area contributed by atoms with Crippen LogP contribution in [0.3, 0.4) is 0 Å². The molecule has 0 saturated heterocycles. The molecule has 94 valence electrons. The molecule has 1 saturated carbocycles. The van der Waals surface area contributed by atoms with E-state index in [4.69, 9.17) is 4.74 Å². The van der Waals surface area contributed by atoms with Gasteiger partial charge < -0.3 is 10.1 Å². The zero-order valence-electron chi connectivity index (χ0n) is 10.7. The molecule has 1 rings (SSSR count). The molecular weight excluding hydrogens is 198 g/mol. The molecule has 1 aliphatic rings. The highest BCUT2D eigenvalue weighted by molar-refractivity contribution is 4.77. The van der Waals surface area contributed by atoms with Crippen molar-refractivity contribution in [2.75, 3.05) is 13.2 Å². The summed E-state index contributed by atoms with van der Waals surface area (Å²) in [6.07, 6.45) is 10.9. The fourth-order valence-corrected chi connectivity index (χ4v) is 2.26. The van der Waals surface area contributed by atoms with Gasteiger partial charge in [0, 0.05) is 12.6 Å². The van der Waals surface area contributed by atoms with Crippen LogP contribution in [0.5, 0.6) is 0 Å². The minimum absolute atomic E-state index is 0.518. The van der Waals surface area contributed by atoms with Gasteiger partial charge in [-0.2, -0.15) is 0 Å². The molecule has 16 heavy (non-hydrogen) atoms. The molecule has 0 aromatic rings. The summed E-state index contributed by atoms with van der Waals surface area (Å²) in [5, 5.41) is 3.60. The molecule has 0 unspecified atom stereocenters. The molecule has 0 spiro atoms. The second-order valence-electron chi connectivity index (χ2n) is 4.73. The van der Waals surface area contributed by atoms with Crippen molar-refractivity contribution in [3.63, 3.8) is 0 Å². The predicted molar refractivity (Wildman–Crippen MR) is 69.7 cm³/mol. The SMILES string of the molecule is C=CCCCOC1CCC(NCCC)CC1. The van der Waals surface area contributed by atoms with Crippen LogP contribution in [0.25, 0.3) is 0 Å². The first-order valence-electron chi connectivity index (χ1n) is 6.82. The number of unbranched alkanes of at least 4 members (excludes halogenated alkanes) is 1. The third-order valence-corrected chi connectivity index (χ3v) is 3.26. The summed E-state index contributed by atoms with van der Waals surface area (Å²) in [6.45, 7) is 8.01. The number of ether oxygens (including phenoxy) is 1. The molecular formula is C14H27NO. The molecule has 0 aromatic heterocycles. The minimum Gasteiger partial charge on any atom is -0.378 e. The molecule has 1 aliphatic carbocycles. The Balaban J connectivity index is 2.00. The van der Waals surface area contributed by atoms with E-state index in [2.05, 4.69) is 18.8 Å². The number of allylic oxidation sites excluding steroid dienone is 1. The largest absolute Gasteiger partial charge is 0.378 e. The molecule has 0 amide bonds. The van der Waals surface area contributed by atoms with Gasteiger partial charge in [-0.15, -0.1) is 6.58 Å². The molecule has 0 bridgehead atoms. The maximum absolute atomic E-state index is 5.86. The van der Waals surface area contributed by atoms with Crippen molar-refractivity contribution in [1.82, 2.24) is 5.32 Å². The lowest BCUT2D eigenvalue weighted by molar-refractivity contribution is 0.0217. The fourth-order valence-electron chi connectivity index (χ4n) is 2.26. The fraction of sp³-hybridized carbons (Fsp3) is 0.857. The van der Waals surface area contributed by atoms with Gasteiger partial charge >= 0.3 is 0 Å². The third kappa shape index (κ3) is 5.66. The van der Waals surface area contributed by atoms with Gasteiger partial charge in [0.2, 0.25) is 0 Å². The average molecular weight is 225 g/mol. The van der Waals surface area contributed by atoms with Crippen molar-refractivity contribution in [3.8, 4) is 0 Å². The van der Waals surface area contributed by atoms with Crippen LogP contribution < -0.4 is 5.32 Å². The smallest absolute Gasteiger partial charge is 0.0576 e. The zero-order chi connectivity index (χ0) is 11.6. The molecule has 1 fully saturated rings. The minimum atomic E-state index is 0.518. The summed E-state index contributed by atoms with van der Waals surface area (Å²) in [7, 11) is 0. The zero-order valence-corrected chi connectivity index (χ0v) is 10.7. The van der Waals surface area contributed by atoms with Crippen molar-refractivity contribution < 1.29 is 4.74 Å². The van der Waals surface area contributed by atoms with E-state index in [0.29, 0.717) is 6.10 Å². The van der Waals surface area contributed by atoms with E-state index in [1.165, 1.54) is 32.1 Å². The van der Waals surface area contributed by atoms with Crippen LogP contribution in [-0.4, -0.2) is 25.3 Å². The summed E-state index contributed by atoms with van der Waals surface area (Å²) >= 11 is 0. The molecule has 0 radical (unpaired) electrons. The first-order chi connectivity index (χ1) is 7.86. The lowest BCUT2D eigenvalue weighted by Crippen LogP contribution is -2.35. The van der Waals surface area contributed by atoms with Crippen LogP contribution in [0.1, 0.15) is 51.9 Å². The maximum Gasteiger partial charge on any atom is 0.0576 e.